The van der Waals surface area contributed by atoms with Gasteiger partial charge in [-0.3, -0.25) is 4.79 Å². The zero-order valence-electron chi connectivity index (χ0n) is 7.88. The third-order valence-electron chi connectivity index (χ3n) is 1.13. The predicted molar refractivity (Wildman–Crippen MR) is 44.5 cm³/mol. The van der Waals surface area contributed by atoms with Crippen LogP contribution < -0.4 is 5.32 Å². The summed E-state index contributed by atoms with van der Waals surface area (Å²) in [5.41, 5.74) is 0. The predicted octanol–water partition coefficient (Wildman–Crippen LogP) is 0.463. The van der Waals surface area contributed by atoms with Crippen molar-refractivity contribution in [2.75, 3.05) is 0 Å². The molecule has 12 heavy (non-hydrogen) atoms. The van der Waals surface area contributed by atoms with E-state index in [1.165, 1.54) is 6.92 Å². The van der Waals surface area contributed by atoms with E-state index >= 15 is 0 Å². The fourth-order valence-electron chi connectivity index (χ4n) is 0.698. The molecule has 70 valence electrons. The van der Waals surface area contributed by atoms with Crippen molar-refractivity contribution in [3.63, 3.8) is 0 Å². The van der Waals surface area contributed by atoms with E-state index in [0.29, 0.717) is 0 Å². The highest BCUT2D eigenvalue weighted by Crippen LogP contribution is 1.93. The largest absolute Gasteiger partial charge is 0.461 e. The Hall–Kier alpha value is -1.06. The van der Waals surface area contributed by atoms with Crippen molar-refractivity contribution in [1.82, 2.24) is 5.32 Å². The maximum Gasteiger partial charge on any atom is 0.328 e. The van der Waals surface area contributed by atoms with Crippen LogP contribution in [0.15, 0.2) is 0 Å². The second-order valence-electron chi connectivity index (χ2n) is 2.91. The number of nitrogens with one attached hydrogen (secondary N) is 1. The van der Waals surface area contributed by atoms with Gasteiger partial charge in [0.15, 0.2) is 0 Å². The van der Waals surface area contributed by atoms with E-state index in [1.807, 2.05) is 0 Å². The molecule has 4 heteroatoms. The molecule has 0 aliphatic rings. The number of amides is 1. The molecule has 0 bridgehead atoms. The summed E-state index contributed by atoms with van der Waals surface area (Å²) >= 11 is 0. The van der Waals surface area contributed by atoms with E-state index in [9.17, 15) is 9.59 Å². The molecular weight excluding hydrogens is 158 g/mol. The minimum absolute atomic E-state index is 0.145. The summed E-state index contributed by atoms with van der Waals surface area (Å²) in [6.07, 6.45) is -0.145. The molecule has 4 nitrogen and oxygen atoms in total. The molecule has 0 aromatic heterocycles. The molecule has 0 radical (unpaired) electrons. The summed E-state index contributed by atoms with van der Waals surface area (Å²) in [7, 11) is 0. The molecule has 0 spiro atoms. The van der Waals surface area contributed by atoms with Crippen LogP contribution in [0.2, 0.25) is 0 Å². The summed E-state index contributed by atoms with van der Waals surface area (Å²) in [5.74, 6) is -0.636. The van der Waals surface area contributed by atoms with Gasteiger partial charge in [-0.15, -0.1) is 0 Å². The molecule has 0 aliphatic carbocycles. The van der Waals surface area contributed by atoms with Gasteiger partial charge in [0.25, 0.3) is 0 Å². The first-order valence-electron chi connectivity index (χ1n) is 3.91. The highest BCUT2D eigenvalue weighted by molar-refractivity contribution is 5.82. The van der Waals surface area contributed by atoms with Crippen LogP contribution in [0.4, 0.5) is 0 Å². The fraction of sp³-hybridized carbons (Fsp3) is 0.750. The standard InChI is InChI=1S/C8H15NO3/c1-5(2)12-8(11)6(3)9-7(4)10/h5-6H,1-4H3,(H,9,10)/t6-/m0/s1. The minimum Gasteiger partial charge on any atom is -0.461 e. The highest BCUT2D eigenvalue weighted by Gasteiger charge is 2.15. The Bertz CT molecular complexity index is 177. The average molecular weight is 173 g/mol. The lowest BCUT2D eigenvalue weighted by atomic mass is 10.3. The van der Waals surface area contributed by atoms with Crippen molar-refractivity contribution in [1.29, 1.82) is 0 Å². The smallest absolute Gasteiger partial charge is 0.328 e. The lowest BCUT2D eigenvalue weighted by Gasteiger charge is -2.13. The Labute approximate surface area is 72.3 Å². The summed E-state index contributed by atoms with van der Waals surface area (Å²) < 4.78 is 4.86. The average Bonchev–Trinajstić information content (AvgIpc) is 1.84. The van der Waals surface area contributed by atoms with Crippen LogP contribution in [-0.4, -0.2) is 24.0 Å². The van der Waals surface area contributed by atoms with Crippen molar-refractivity contribution in [3.8, 4) is 0 Å². The van der Waals surface area contributed by atoms with E-state index in [0.717, 1.165) is 0 Å². The van der Waals surface area contributed by atoms with E-state index in [-0.39, 0.29) is 12.0 Å². The van der Waals surface area contributed by atoms with Crippen molar-refractivity contribution in [2.24, 2.45) is 0 Å². The second kappa shape index (κ2) is 4.74. The van der Waals surface area contributed by atoms with E-state index in [2.05, 4.69) is 5.32 Å². The van der Waals surface area contributed by atoms with Gasteiger partial charge in [0.1, 0.15) is 6.04 Å². The quantitative estimate of drug-likeness (QED) is 0.631. The van der Waals surface area contributed by atoms with Gasteiger partial charge in [0, 0.05) is 6.92 Å². The van der Waals surface area contributed by atoms with Gasteiger partial charge in [-0.05, 0) is 20.8 Å². The van der Waals surface area contributed by atoms with E-state index < -0.39 is 12.0 Å². The maximum atomic E-state index is 11.1. The molecule has 0 unspecified atom stereocenters. The Morgan fingerprint density at radius 2 is 1.75 bits per heavy atom. The van der Waals surface area contributed by atoms with Crippen LogP contribution in [-0.2, 0) is 14.3 Å². The number of carbonyl (C=O) groups is 2. The number of rotatable bonds is 3. The third kappa shape index (κ3) is 4.71. The number of esters is 1. The fourth-order valence-corrected chi connectivity index (χ4v) is 0.698. The summed E-state index contributed by atoms with van der Waals surface area (Å²) in [5, 5.41) is 2.43. The van der Waals surface area contributed by atoms with Gasteiger partial charge in [0.2, 0.25) is 5.91 Å². The molecule has 0 saturated heterocycles. The van der Waals surface area contributed by atoms with Crippen LogP contribution in [0.3, 0.4) is 0 Å². The normalized spacial score (nSPS) is 12.4. The Kier molecular flexibility index (Phi) is 4.33. The molecule has 0 rings (SSSR count). The second-order valence-corrected chi connectivity index (χ2v) is 2.91. The van der Waals surface area contributed by atoms with Gasteiger partial charge in [-0.25, -0.2) is 4.79 Å². The van der Waals surface area contributed by atoms with Gasteiger partial charge in [-0.2, -0.15) is 0 Å². The molecule has 0 aromatic rings. The van der Waals surface area contributed by atoms with Crippen molar-refractivity contribution >= 4 is 11.9 Å². The van der Waals surface area contributed by atoms with Crippen LogP contribution in [0.1, 0.15) is 27.7 Å². The first-order chi connectivity index (χ1) is 5.43. The van der Waals surface area contributed by atoms with E-state index in [4.69, 9.17) is 4.74 Å². The molecule has 0 aliphatic heterocycles. The van der Waals surface area contributed by atoms with Gasteiger partial charge in [0.05, 0.1) is 6.10 Å². The zero-order chi connectivity index (χ0) is 9.72. The molecule has 0 fully saturated rings. The molecule has 1 amide bonds. The van der Waals surface area contributed by atoms with Crippen LogP contribution in [0, 0.1) is 0 Å². The maximum absolute atomic E-state index is 11.1. The van der Waals surface area contributed by atoms with Gasteiger partial charge >= 0.3 is 5.97 Å². The van der Waals surface area contributed by atoms with Gasteiger partial charge < -0.3 is 10.1 Å². The topological polar surface area (TPSA) is 55.4 Å². The van der Waals surface area contributed by atoms with Crippen LogP contribution >= 0.6 is 0 Å². The Morgan fingerprint density at radius 3 is 2.08 bits per heavy atom. The number of hydrogen-bond acceptors (Lipinski definition) is 3. The molecule has 0 aromatic carbocycles. The monoisotopic (exact) mass is 173 g/mol. The SMILES string of the molecule is CC(=O)N[C@@H](C)C(=O)OC(C)C. The lowest BCUT2D eigenvalue weighted by Crippen LogP contribution is -2.39. The summed E-state index contributed by atoms with van der Waals surface area (Å²) in [6, 6.07) is -0.565. The van der Waals surface area contributed by atoms with Crippen molar-refractivity contribution in [2.45, 2.75) is 39.8 Å². The van der Waals surface area contributed by atoms with Crippen molar-refractivity contribution in [3.05, 3.63) is 0 Å². The minimum atomic E-state index is -0.565. The highest BCUT2D eigenvalue weighted by atomic mass is 16.5. The summed E-state index contributed by atoms with van der Waals surface area (Å²) in [6.45, 7) is 6.47. The Morgan fingerprint density at radius 1 is 1.25 bits per heavy atom. The van der Waals surface area contributed by atoms with Crippen molar-refractivity contribution < 1.29 is 14.3 Å². The Balaban J connectivity index is 3.85. The number of carbonyl (C=O) groups excluding carboxylic acids is 2. The first kappa shape index (κ1) is 10.9. The van der Waals surface area contributed by atoms with Gasteiger partial charge in [-0.1, -0.05) is 0 Å². The van der Waals surface area contributed by atoms with Crippen LogP contribution in [0.5, 0.6) is 0 Å². The first-order valence-corrected chi connectivity index (χ1v) is 3.91. The zero-order valence-corrected chi connectivity index (χ0v) is 7.88. The molecule has 1 N–H and O–H groups in total. The molecular formula is C8H15NO3. The molecule has 1 atom stereocenters. The summed E-state index contributed by atoms with van der Waals surface area (Å²) in [4.78, 5) is 21.6. The number of ether oxygens (including phenoxy) is 1. The lowest BCUT2D eigenvalue weighted by molar-refractivity contribution is -0.150. The van der Waals surface area contributed by atoms with Crippen LogP contribution in [0.25, 0.3) is 0 Å². The number of hydrogen-bond donors (Lipinski definition) is 1. The van der Waals surface area contributed by atoms with E-state index in [1.54, 1.807) is 20.8 Å². The molecule has 0 saturated carbocycles. The molecule has 0 heterocycles. The third-order valence-corrected chi connectivity index (χ3v) is 1.13.